The summed E-state index contributed by atoms with van der Waals surface area (Å²) in [6.45, 7) is 2.39. The first-order valence-corrected chi connectivity index (χ1v) is 11.8. The van der Waals surface area contributed by atoms with Crippen LogP contribution in [0.3, 0.4) is 0 Å². The lowest BCUT2D eigenvalue weighted by Gasteiger charge is -2.25. The van der Waals surface area contributed by atoms with Gasteiger partial charge in [-0.3, -0.25) is 4.79 Å². The number of amides is 1. The highest BCUT2D eigenvalue weighted by Gasteiger charge is 2.38. The maximum atomic E-state index is 13.3. The normalized spacial score (nSPS) is 17.5. The molecule has 1 aliphatic rings. The number of rotatable bonds is 8. The number of hydrogen-bond acceptors (Lipinski definition) is 5. The van der Waals surface area contributed by atoms with Gasteiger partial charge >= 0.3 is 0 Å². The number of aromatic nitrogens is 1. The van der Waals surface area contributed by atoms with E-state index in [1.54, 1.807) is 12.3 Å². The van der Waals surface area contributed by atoms with Crippen molar-refractivity contribution in [2.75, 3.05) is 17.6 Å². The zero-order chi connectivity index (χ0) is 20.1. The van der Waals surface area contributed by atoms with Crippen molar-refractivity contribution in [1.82, 2.24) is 9.29 Å². The average Bonchev–Trinajstić information content (AvgIpc) is 3.21. The van der Waals surface area contributed by atoms with Crippen LogP contribution < -0.4 is 5.32 Å². The lowest BCUT2D eigenvalue weighted by atomic mass is 10.1. The first kappa shape index (κ1) is 20.9. The summed E-state index contributed by atoms with van der Waals surface area (Å²) in [6.07, 6.45) is 4.86. The SMILES string of the molecule is CCCC[C@@H](C(=O)Nc1ncc(Cc2cccc(F)c2)s1)N1CCCS1(=O)=O. The van der Waals surface area contributed by atoms with Crippen molar-refractivity contribution in [3.8, 4) is 0 Å². The minimum atomic E-state index is -3.37. The van der Waals surface area contributed by atoms with E-state index in [-0.39, 0.29) is 17.5 Å². The second-order valence-electron chi connectivity index (χ2n) is 6.87. The number of benzene rings is 1. The molecule has 1 atom stereocenters. The summed E-state index contributed by atoms with van der Waals surface area (Å²) in [5.41, 5.74) is 0.825. The van der Waals surface area contributed by atoms with Crippen LogP contribution in [0, 0.1) is 5.82 Å². The van der Waals surface area contributed by atoms with Crippen molar-refractivity contribution in [1.29, 1.82) is 0 Å². The van der Waals surface area contributed by atoms with E-state index < -0.39 is 16.1 Å². The molecule has 2 aromatic rings. The van der Waals surface area contributed by atoms with Crippen LogP contribution in [-0.4, -0.2) is 42.0 Å². The summed E-state index contributed by atoms with van der Waals surface area (Å²) in [5.74, 6) is -0.537. The second-order valence-corrected chi connectivity index (χ2v) is 10.0. The van der Waals surface area contributed by atoms with E-state index in [0.29, 0.717) is 30.9 Å². The van der Waals surface area contributed by atoms with Gasteiger partial charge in [-0.2, -0.15) is 4.31 Å². The number of carbonyl (C=O) groups is 1. The van der Waals surface area contributed by atoms with E-state index in [2.05, 4.69) is 10.3 Å². The Hall–Kier alpha value is -1.84. The van der Waals surface area contributed by atoms with Gasteiger partial charge in [-0.15, -0.1) is 11.3 Å². The third kappa shape index (κ3) is 5.15. The summed E-state index contributed by atoms with van der Waals surface area (Å²) in [4.78, 5) is 17.9. The van der Waals surface area contributed by atoms with Crippen LogP contribution in [0.5, 0.6) is 0 Å². The molecule has 152 valence electrons. The molecule has 1 aliphatic heterocycles. The van der Waals surface area contributed by atoms with Gasteiger partial charge in [-0.25, -0.2) is 17.8 Å². The van der Waals surface area contributed by atoms with Crippen LogP contribution in [0.2, 0.25) is 0 Å². The average molecular weight is 426 g/mol. The number of nitrogens with zero attached hydrogens (tertiary/aromatic N) is 2. The van der Waals surface area contributed by atoms with E-state index in [0.717, 1.165) is 23.3 Å². The Labute approximate surface area is 168 Å². The highest BCUT2D eigenvalue weighted by molar-refractivity contribution is 7.89. The van der Waals surface area contributed by atoms with E-state index in [1.165, 1.54) is 27.8 Å². The van der Waals surface area contributed by atoms with Gasteiger partial charge in [0.25, 0.3) is 0 Å². The molecule has 0 aliphatic carbocycles. The molecule has 2 heterocycles. The number of anilines is 1. The number of carbonyl (C=O) groups excluding carboxylic acids is 1. The molecule has 3 rings (SSSR count). The van der Waals surface area contributed by atoms with Crippen molar-refractivity contribution in [2.24, 2.45) is 0 Å². The fourth-order valence-electron chi connectivity index (χ4n) is 3.30. The van der Waals surface area contributed by atoms with Crippen LogP contribution in [-0.2, 0) is 21.2 Å². The van der Waals surface area contributed by atoms with E-state index in [9.17, 15) is 17.6 Å². The molecular formula is C19H24FN3O3S2. The van der Waals surface area contributed by atoms with Gasteiger partial charge < -0.3 is 5.32 Å². The molecular weight excluding hydrogens is 401 g/mol. The molecule has 9 heteroatoms. The van der Waals surface area contributed by atoms with Gasteiger partial charge in [-0.1, -0.05) is 31.9 Å². The maximum absolute atomic E-state index is 13.3. The number of halogens is 1. The number of sulfonamides is 1. The van der Waals surface area contributed by atoms with Crippen LogP contribution in [0.4, 0.5) is 9.52 Å². The van der Waals surface area contributed by atoms with E-state index in [1.807, 2.05) is 13.0 Å². The molecule has 0 unspecified atom stereocenters. The van der Waals surface area contributed by atoms with Crippen LogP contribution >= 0.6 is 11.3 Å². The molecule has 0 radical (unpaired) electrons. The largest absolute Gasteiger partial charge is 0.301 e. The number of unbranched alkanes of at least 4 members (excludes halogenated alkanes) is 1. The molecule has 1 N–H and O–H groups in total. The lowest BCUT2D eigenvalue weighted by Crippen LogP contribution is -2.44. The fourth-order valence-corrected chi connectivity index (χ4v) is 5.87. The van der Waals surface area contributed by atoms with Gasteiger partial charge in [0.1, 0.15) is 11.9 Å². The molecule has 0 bridgehead atoms. The highest BCUT2D eigenvalue weighted by Crippen LogP contribution is 2.25. The summed E-state index contributed by atoms with van der Waals surface area (Å²) < 4.78 is 39.2. The van der Waals surface area contributed by atoms with Crippen molar-refractivity contribution >= 4 is 32.4 Å². The minimum absolute atomic E-state index is 0.0952. The van der Waals surface area contributed by atoms with Gasteiger partial charge in [0.15, 0.2) is 5.13 Å². The Bertz CT molecular complexity index is 930. The van der Waals surface area contributed by atoms with E-state index >= 15 is 0 Å². The monoisotopic (exact) mass is 425 g/mol. The predicted molar refractivity (Wildman–Crippen MR) is 108 cm³/mol. The summed E-state index contributed by atoms with van der Waals surface area (Å²) in [5, 5.41) is 3.20. The first-order chi connectivity index (χ1) is 13.4. The highest BCUT2D eigenvalue weighted by atomic mass is 32.2. The molecule has 1 fully saturated rings. The zero-order valence-corrected chi connectivity index (χ0v) is 17.4. The molecule has 1 saturated heterocycles. The third-order valence-electron chi connectivity index (χ3n) is 4.67. The Morgan fingerprint density at radius 1 is 1.43 bits per heavy atom. The molecule has 1 aromatic carbocycles. The second kappa shape index (κ2) is 9.11. The van der Waals surface area contributed by atoms with Crippen molar-refractivity contribution < 1.29 is 17.6 Å². The molecule has 1 amide bonds. The fraction of sp³-hybridized carbons (Fsp3) is 0.474. The maximum Gasteiger partial charge on any atom is 0.244 e. The quantitative estimate of drug-likeness (QED) is 0.703. The summed E-state index contributed by atoms with van der Waals surface area (Å²) >= 11 is 1.31. The molecule has 28 heavy (non-hydrogen) atoms. The van der Waals surface area contributed by atoms with Gasteiger partial charge in [0.2, 0.25) is 15.9 Å². The van der Waals surface area contributed by atoms with Gasteiger partial charge in [0.05, 0.1) is 5.75 Å². The lowest BCUT2D eigenvalue weighted by molar-refractivity contribution is -0.119. The van der Waals surface area contributed by atoms with Crippen molar-refractivity contribution in [2.45, 2.75) is 45.1 Å². The summed E-state index contributed by atoms with van der Waals surface area (Å²) in [6, 6.07) is 5.65. The third-order valence-corrected chi connectivity index (χ3v) is 7.54. The van der Waals surface area contributed by atoms with Crippen molar-refractivity contribution in [3.05, 3.63) is 46.7 Å². The van der Waals surface area contributed by atoms with Crippen molar-refractivity contribution in [3.63, 3.8) is 0 Å². The smallest absolute Gasteiger partial charge is 0.244 e. The Morgan fingerprint density at radius 2 is 2.25 bits per heavy atom. The standard InChI is InChI=1S/C19H24FN3O3S2/c1-2-3-8-17(23-9-5-10-28(23,25)26)18(24)22-19-21-13-16(27-19)12-14-6-4-7-15(20)11-14/h4,6-7,11,13,17H,2-3,5,8-10,12H2,1H3,(H,21,22,24)/t17-/m0/s1. The number of nitrogens with one attached hydrogen (secondary N) is 1. The zero-order valence-electron chi connectivity index (χ0n) is 15.7. The van der Waals surface area contributed by atoms with Crippen LogP contribution in [0.25, 0.3) is 0 Å². The number of hydrogen-bond donors (Lipinski definition) is 1. The topological polar surface area (TPSA) is 79.4 Å². The Morgan fingerprint density at radius 3 is 2.93 bits per heavy atom. The molecule has 6 nitrogen and oxygen atoms in total. The van der Waals surface area contributed by atoms with Crippen LogP contribution in [0.1, 0.15) is 43.0 Å². The summed E-state index contributed by atoms with van der Waals surface area (Å²) in [7, 11) is -3.37. The Balaban J connectivity index is 1.69. The Kier molecular flexibility index (Phi) is 6.79. The van der Waals surface area contributed by atoms with Gasteiger partial charge in [-0.05, 0) is 30.5 Å². The number of thiazole rings is 1. The molecule has 1 aromatic heterocycles. The molecule has 0 spiro atoms. The van der Waals surface area contributed by atoms with Gasteiger partial charge in [0, 0.05) is 24.0 Å². The predicted octanol–water partition coefficient (Wildman–Crippen LogP) is 3.41. The van der Waals surface area contributed by atoms with E-state index in [4.69, 9.17) is 0 Å². The minimum Gasteiger partial charge on any atom is -0.301 e. The first-order valence-electron chi connectivity index (χ1n) is 9.38. The molecule has 0 saturated carbocycles. The van der Waals surface area contributed by atoms with Crippen LogP contribution in [0.15, 0.2) is 30.5 Å².